The minimum absolute atomic E-state index is 0. The lowest BCUT2D eigenvalue weighted by molar-refractivity contribution is -0.140. The Kier molecular flexibility index (Phi) is 5.18. The average Bonchev–Trinajstić information content (AvgIpc) is 2.15. The Bertz CT molecular complexity index is 354. The molecule has 0 saturated heterocycles. The fourth-order valence-electron chi connectivity index (χ4n) is 1.18. The van der Waals surface area contributed by atoms with E-state index in [0.717, 1.165) is 6.07 Å². The molecule has 0 unspecified atom stereocenters. The summed E-state index contributed by atoms with van der Waals surface area (Å²) in [6, 6.07) is 2.05. The van der Waals surface area contributed by atoms with Gasteiger partial charge in [0, 0.05) is 18.2 Å². The second-order valence-electron chi connectivity index (χ2n) is 3.05. The summed E-state index contributed by atoms with van der Waals surface area (Å²) in [5.74, 6) is -1.34. The number of hydrogen-bond acceptors (Lipinski definition) is 2. The SMILES string of the molecule is Cl.NC[C@H](N)c1cccc(C(F)(F)F)c1F. The van der Waals surface area contributed by atoms with Gasteiger partial charge in [0.05, 0.1) is 5.56 Å². The van der Waals surface area contributed by atoms with E-state index in [1.807, 2.05) is 0 Å². The quantitative estimate of drug-likeness (QED) is 0.799. The zero-order valence-electron chi connectivity index (χ0n) is 8.09. The Labute approximate surface area is 96.0 Å². The number of benzene rings is 1. The van der Waals surface area contributed by atoms with E-state index in [0.29, 0.717) is 6.07 Å². The van der Waals surface area contributed by atoms with E-state index in [1.54, 1.807) is 0 Å². The molecule has 1 aromatic rings. The van der Waals surface area contributed by atoms with Crippen molar-refractivity contribution < 1.29 is 17.6 Å². The van der Waals surface area contributed by atoms with Crippen molar-refractivity contribution in [2.75, 3.05) is 6.54 Å². The Balaban J connectivity index is 0.00000225. The number of hydrogen-bond donors (Lipinski definition) is 2. The van der Waals surface area contributed by atoms with Crippen molar-refractivity contribution in [2.24, 2.45) is 11.5 Å². The highest BCUT2D eigenvalue weighted by molar-refractivity contribution is 5.85. The van der Waals surface area contributed by atoms with Gasteiger partial charge in [-0.25, -0.2) is 4.39 Å². The Morgan fingerprint density at radius 2 is 1.81 bits per heavy atom. The minimum atomic E-state index is -4.71. The molecule has 0 aromatic heterocycles. The second kappa shape index (κ2) is 5.47. The third kappa shape index (κ3) is 3.07. The van der Waals surface area contributed by atoms with Crippen LogP contribution in [-0.2, 0) is 6.18 Å². The summed E-state index contributed by atoms with van der Waals surface area (Å²) in [6.07, 6.45) is -4.71. The molecule has 0 aliphatic carbocycles. The minimum Gasteiger partial charge on any atom is -0.329 e. The summed E-state index contributed by atoms with van der Waals surface area (Å²) < 4.78 is 50.2. The Hall–Kier alpha value is -0.850. The number of rotatable bonds is 2. The van der Waals surface area contributed by atoms with Gasteiger partial charge >= 0.3 is 6.18 Å². The van der Waals surface area contributed by atoms with Crippen LogP contribution in [0.2, 0.25) is 0 Å². The van der Waals surface area contributed by atoms with E-state index in [9.17, 15) is 17.6 Å². The standard InChI is InChI=1S/C9H10F4N2.ClH/c10-8-5(7(15)4-14)2-1-3-6(8)9(11,12)13;/h1-3,7H,4,14-15H2;1H/t7-;/m0./s1. The van der Waals surface area contributed by atoms with Crippen molar-refractivity contribution in [3.8, 4) is 0 Å². The van der Waals surface area contributed by atoms with Gasteiger partial charge in [-0.2, -0.15) is 13.2 Å². The molecular formula is C9H11ClF4N2. The van der Waals surface area contributed by atoms with Gasteiger partial charge < -0.3 is 11.5 Å². The molecule has 0 fully saturated rings. The summed E-state index contributed by atoms with van der Waals surface area (Å²) in [4.78, 5) is 0. The summed E-state index contributed by atoms with van der Waals surface area (Å²) in [5.41, 5.74) is 9.00. The zero-order chi connectivity index (χ0) is 11.6. The van der Waals surface area contributed by atoms with Crippen LogP contribution in [0.1, 0.15) is 17.2 Å². The third-order valence-corrected chi connectivity index (χ3v) is 1.99. The normalized spacial score (nSPS) is 13.1. The highest BCUT2D eigenvalue weighted by atomic mass is 35.5. The molecule has 16 heavy (non-hydrogen) atoms. The lowest BCUT2D eigenvalue weighted by Gasteiger charge is -2.14. The molecule has 0 amide bonds. The molecule has 4 N–H and O–H groups in total. The maximum Gasteiger partial charge on any atom is 0.419 e. The fraction of sp³-hybridized carbons (Fsp3) is 0.333. The van der Waals surface area contributed by atoms with Gasteiger partial charge in [-0.1, -0.05) is 12.1 Å². The monoisotopic (exact) mass is 258 g/mol. The van der Waals surface area contributed by atoms with Crippen LogP contribution < -0.4 is 11.5 Å². The molecular weight excluding hydrogens is 248 g/mol. The van der Waals surface area contributed by atoms with Gasteiger partial charge in [-0.3, -0.25) is 0 Å². The van der Waals surface area contributed by atoms with Gasteiger partial charge in [-0.15, -0.1) is 12.4 Å². The smallest absolute Gasteiger partial charge is 0.329 e. The number of nitrogens with two attached hydrogens (primary N) is 2. The van der Waals surface area contributed by atoms with E-state index in [4.69, 9.17) is 11.5 Å². The van der Waals surface area contributed by atoms with Crippen LogP contribution in [0.4, 0.5) is 17.6 Å². The fourth-order valence-corrected chi connectivity index (χ4v) is 1.18. The van der Waals surface area contributed by atoms with Crippen molar-refractivity contribution >= 4 is 12.4 Å². The molecule has 0 radical (unpaired) electrons. The molecule has 0 aliphatic rings. The number of alkyl halides is 3. The lowest BCUT2D eigenvalue weighted by Crippen LogP contribution is -2.23. The van der Waals surface area contributed by atoms with Gasteiger partial charge in [0.1, 0.15) is 5.82 Å². The van der Waals surface area contributed by atoms with E-state index in [1.165, 1.54) is 6.07 Å². The highest BCUT2D eigenvalue weighted by Crippen LogP contribution is 2.33. The van der Waals surface area contributed by atoms with Crippen LogP contribution in [0.3, 0.4) is 0 Å². The van der Waals surface area contributed by atoms with Gasteiger partial charge in [0.25, 0.3) is 0 Å². The van der Waals surface area contributed by atoms with Gasteiger partial charge in [0.2, 0.25) is 0 Å². The summed E-state index contributed by atoms with van der Waals surface area (Å²) in [7, 11) is 0. The molecule has 2 nitrogen and oxygen atoms in total. The van der Waals surface area contributed by atoms with Crippen LogP contribution in [0.25, 0.3) is 0 Å². The van der Waals surface area contributed by atoms with Gasteiger partial charge in [0.15, 0.2) is 0 Å². The van der Waals surface area contributed by atoms with E-state index >= 15 is 0 Å². The molecule has 0 aliphatic heterocycles. The van der Waals surface area contributed by atoms with Crippen LogP contribution in [-0.4, -0.2) is 6.54 Å². The van der Waals surface area contributed by atoms with Crippen LogP contribution >= 0.6 is 12.4 Å². The van der Waals surface area contributed by atoms with Crippen LogP contribution in [0.5, 0.6) is 0 Å². The van der Waals surface area contributed by atoms with Gasteiger partial charge in [-0.05, 0) is 6.07 Å². The molecule has 1 atom stereocenters. The first kappa shape index (κ1) is 15.2. The van der Waals surface area contributed by atoms with E-state index in [2.05, 4.69) is 0 Å². The van der Waals surface area contributed by atoms with Crippen LogP contribution in [0, 0.1) is 5.82 Å². The highest BCUT2D eigenvalue weighted by Gasteiger charge is 2.35. The second-order valence-corrected chi connectivity index (χ2v) is 3.05. The average molecular weight is 259 g/mol. The lowest BCUT2D eigenvalue weighted by atomic mass is 10.0. The number of halogens is 5. The first-order chi connectivity index (χ1) is 6.88. The first-order valence-corrected chi connectivity index (χ1v) is 4.19. The molecule has 0 spiro atoms. The van der Waals surface area contributed by atoms with E-state index < -0.39 is 23.6 Å². The van der Waals surface area contributed by atoms with Crippen molar-refractivity contribution in [3.05, 3.63) is 35.1 Å². The van der Waals surface area contributed by atoms with Crippen LogP contribution in [0.15, 0.2) is 18.2 Å². The largest absolute Gasteiger partial charge is 0.419 e. The Morgan fingerprint density at radius 3 is 2.25 bits per heavy atom. The molecule has 0 bridgehead atoms. The third-order valence-electron chi connectivity index (χ3n) is 1.99. The van der Waals surface area contributed by atoms with Crippen molar-refractivity contribution in [1.29, 1.82) is 0 Å². The zero-order valence-corrected chi connectivity index (χ0v) is 8.91. The topological polar surface area (TPSA) is 52.0 Å². The maximum atomic E-state index is 13.4. The summed E-state index contributed by atoms with van der Waals surface area (Å²) in [5, 5.41) is 0. The van der Waals surface area contributed by atoms with Crippen molar-refractivity contribution in [3.63, 3.8) is 0 Å². The van der Waals surface area contributed by atoms with E-state index in [-0.39, 0.29) is 24.5 Å². The first-order valence-electron chi connectivity index (χ1n) is 4.19. The predicted octanol–water partition coefficient (Wildman–Crippen LogP) is 2.22. The predicted molar refractivity (Wildman–Crippen MR) is 54.6 cm³/mol. The molecule has 7 heteroatoms. The molecule has 0 heterocycles. The Morgan fingerprint density at radius 1 is 1.25 bits per heavy atom. The maximum absolute atomic E-state index is 13.4. The molecule has 92 valence electrons. The van der Waals surface area contributed by atoms with Crippen molar-refractivity contribution in [2.45, 2.75) is 12.2 Å². The molecule has 0 saturated carbocycles. The van der Waals surface area contributed by atoms with Crippen molar-refractivity contribution in [1.82, 2.24) is 0 Å². The summed E-state index contributed by atoms with van der Waals surface area (Å²) >= 11 is 0. The molecule has 1 aromatic carbocycles. The summed E-state index contributed by atoms with van der Waals surface area (Å²) in [6.45, 7) is -0.113. The molecule has 1 rings (SSSR count).